The summed E-state index contributed by atoms with van der Waals surface area (Å²) in [6.45, 7) is 1.89. The first-order chi connectivity index (χ1) is 14.6. The Labute approximate surface area is 174 Å². The van der Waals surface area contributed by atoms with Crippen molar-refractivity contribution in [2.45, 2.75) is 13.0 Å². The molecule has 0 aliphatic heterocycles. The van der Waals surface area contributed by atoms with E-state index in [1.54, 1.807) is 12.1 Å². The van der Waals surface area contributed by atoms with Gasteiger partial charge in [-0.2, -0.15) is 0 Å². The summed E-state index contributed by atoms with van der Waals surface area (Å²) in [4.78, 5) is 19.5. The highest BCUT2D eigenvalue weighted by atomic mass is 16.5. The van der Waals surface area contributed by atoms with Crippen LogP contribution in [-0.2, 0) is 4.74 Å². The summed E-state index contributed by atoms with van der Waals surface area (Å²) in [5, 5.41) is 15.4. The average molecular weight is 400 g/mol. The molecule has 30 heavy (non-hydrogen) atoms. The molecule has 0 aliphatic rings. The summed E-state index contributed by atoms with van der Waals surface area (Å²) in [6.07, 6.45) is 1.82. The van der Waals surface area contributed by atoms with Crippen LogP contribution in [0, 0.1) is 6.92 Å². The number of esters is 1. The zero-order valence-corrected chi connectivity index (χ0v) is 16.7. The second-order valence-electron chi connectivity index (χ2n) is 6.99. The van der Waals surface area contributed by atoms with Crippen LogP contribution in [0.5, 0.6) is 5.75 Å². The largest absolute Gasteiger partial charge is 0.505 e. The number of aromatic hydroxyl groups is 1. The molecule has 4 rings (SSSR count). The van der Waals surface area contributed by atoms with Gasteiger partial charge in [0.25, 0.3) is 5.82 Å². The minimum atomic E-state index is -0.393. The molecule has 2 aromatic heterocycles. The molecule has 0 radical (unpaired) electrons. The van der Waals surface area contributed by atoms with Gasteiger partial charge in [0.1, 0.15) is 17.3 Å². The van der Waals surface area contributed by atoms with Gasteiger partial charge >= 0.3 is 5.97 Å². The van der Waals surface area contributed by atoms with E-state index in [0.29, 0.717) is 16.6 Å². The summed E-state index contributed by atoms with van der Waals surface area (Å²) in [7, 11) is 1.36. The quantitative estimate of drug-likeness (QED) is 0.494. The van der Waals surface area contributed by atoms with Crippen molar-refractivity contribution < 1.29 is 19.6 Å². The van der Waals surface area contributed by atoms with E-state index in [4.69, 9.17) is 4.74 Å². The zero-order valence-electron chi connectivity index (χ0n) is 16.7. The first kappa shape index (κ1) is 19.4. The molecule has 4 aromatic rings. The zero-order chi connectivity index (χ0) is 21.1. The van der Waals surface area contributed by atoms with Gasteiger partial charge < -0.3 is 9.84 Å². The van der Waals surface area contributed by atoms with E-state index in [1.165, 1.54) is 7.11 Å². The Bertz CT molecular complexity index is 1190. The smallest absolute Gasteiger partial charge is 0.337 e. The van der Waals surface area contributed by atoms with Gasteiger partial charge in [-0.25, -0.2) is 14.8 Å². The number of nitrogens with one attached hydrogen (secondary N) is 2. The Morgan fingerprint density at radius 2 is 1.83 bits per heavy atom. The van der Waals surface area contributed by atoms with Crippen molar-refractivity contribution in [2.24, 2.45) is 0 Å². The van der Waals surface area contributed by atoms with E-state index in [2.05, 4.69) is 15.3 Å². The van der Waals surface area contributed by atoms with Crippen LogP contribution in [0.25, 0.3) is 10.9 Å². The molecule has 0 aliphatic carbocycles. The normalized spacial score (nSPS) is 11.8. The van der Waals surface area contributed by atoms with Crippen molar-refractivity contribution in [1.29, 1.82) is 0 Å². The van der Waals surface area contributed by atoms with Crippen molar-refractivity contribution in [2.75, 3.05) is 12.4 Å². The summed E-state index contributed by atoms with van der Waals surface area (Å²) in [5.41, 5.74) is 3.41. The Kier molecular flexibility index (Phi) is 5.30. The summed E-state index contributed by atoms with van der Waals surface area (Å²) >= 11 is 0. The molecule has 0 amide bonds. The molecule has 6 heteroatoms. The molecule has 2 aromatic carbocycles. The van der Waals surface area contributed by atoms with Crippen molar-refractivity contribution in [3.05, 3.63) is 95.3 Å². The van der Waals surface area contributed by atoms with Gasteiger partial charge in [-0.1, -0.05) is 30.3 Å². The third-order valence-corrected chi connectivity index (χ3v) is 4.99. The number of rotatable bonds is 5. The number of H-pyrrole nitrogens is 1. The molecule has 0 bridgehead atoms. The molecule has 6 nitrogen and oxygen atoms in total. The molecule has 3 N–H and O–H groups in total. The number of benzene rings is 2. The van der Waals surface area contributed by atoms with Gasteiger partial charge in [-0.05, 0) is 37.3 Å². The van der Waals surface area contributed by atoms with Crippen LogP contribution in [0.4, 0.5) is 5.82 Å². The van der Waals surface area contributed by atoms with E-state index in [-0.39, 0.29) is 11.8 Å². The Morgan fingerprint density at radius 3 is 2.53 bits per heavy atom. The SMILES string of the molecule is COC(=O)c1ccc([C@H](Nc2cccc[nH+]2)c2ccc3ccc(C)nc3c2O)cc1. The second-order valence-corrected chi connectivity index (χ2v) is 6.99. The summed E-state index contributed by atoms with van der Waals surface area (Å²) < 4.78 is 4.79. The van der Waals surface area contributed by atoms with Gasteiger partial charge in [0.05, 0.1) is 18.9 Å². The highest BCUT2D eigenvalue weighted by Gasteiger charge is 2.24. The van der Waals surface area contributed by atoms with Crippen molar-refractivity contribution in [1.82, 2.24) is 4.98 Å². The number of fused-ring (bicyclic) bond motifs is 1. The highest BCUT2D eigenvalue weighted by Crippen LogP contribution is 2.36. The summed E-state index contributed by atoms with van der Waals surface area (Å²) in [6, 6.07) is 20.2. The average Bonchev–Trinajstić information content (AvgIpc) is 2.79. The number of anilines is 1. The molecule has 0 unspecified atom stereocenters. The van der Waals surface area contributed by atoms with Crippen molar-refractivity contribution >= 4 is 22.7 Å². The number of aryl methyl sites for hydroxylation is 1. The lowest BCUT2D eigenvalue weighted by Crippen LogP contribution is -2.19. The van der Waals surface area contributed by atoms with Crippen LogP contribution in [0.2, 0.25) is 0 Å². The predicted molar refractivity (Wildman–Crippen MR) is 114 cm³/mol. The Morgan fingerprint density at radius 1 is 1.07 bits per heavy atom. The first-order valence-corrected chi connectivity index (χ1v) is 9.57. The molecule has 150 valence electrons. The molecule has 0 saturated carbocycles. The van der Waals surface area contributed by atoms with Crippen LogP contribution in [0.15, 0.2) is 72.9 Å². The third-order valence-electron chi connectivity index (χ3n) is 4.99. The van der Waals surface area contributed by atoms with Crippen molar-refractivity contribution in [3.63, 3.8) is 0 Å². The number of phenols is 1. The fourth-order valence-corrected chi connectivity index (χ4v) is 3.43. The maximum atomic E-state index is 11.8. The minimum absolute atomic E-state index is 0.127. The van der Waals surface area contributed by atoms with Crippen LogP contribution in [0.1, 0.15) is 33.2 Å². The Hall–Kier alpha value is -3.93. The number of carbonyl (C=O) groups is 1. The second kappa shape index (κ2) is 8.21. The summed E-state index contributed by atoms with van der Waals surface area (Å²) in [5.74, 6) is 0.522. The number of methoxy groups -OCH3 is 1. The number of carbonyl (C=O) groups excluding carboxylic acids is 1. The number of ether oxygens (including phenoxy) is 1. The molecule has 0 saturated heterocycles. The number of hydrogen-bond donors (Lipinski definition) is 2. The monoisotopic (exact) mass is 400 g/mol. The van der Waals surface area contributed by atoms with E-state index in [1.807, 2.05) is 67.7 Å². The van der Waals surface area contributed by atoms with E-state index in [0.717, 1.165) is 22.5 Å². The van der Waals surface area contributed by atoms with Crippen LogP contribution < -0.4 is 10.3 Å². The number of aromatic nitrogens is 2. The lowest BCUT2D eigenvalue weighted by Gasteiger charge is -2.18. The van der Waals surface area contributed by atoms with Crippen LogP contribution in [0.3, 0.4) is 0 Å². The number of aromatic amines is 1. The lowest BCUT2D eigenvalue weighted by atomic mass is 9.95. The van der Waals surface area contributed by atoms with E-state index >= 15 is 0 Å². The van der Waals surface area contributed by atoms with E-state index in [9.17, 15) is 9.90 Å². The van der Waals surface area contributed by atoms with Gasteiger partial charge in [0, 0.05) is 28.3 Å². The maximum Gasteiger partial charge on any atom is 0.337 e. The fourth-order valence-electron chi connectivity index (χ4n) is 3.43. The van der Waals surface area contributed by atoms with Crippen molar-refractivity contribution in [3.8, 4) is 5.75 Å². The molecule has 1 atom stereocenters. The highest BCUT2D eigenvalue weighted by molar-refractivity contribution is 5.89. The topological polar surface area (TPSA) is 85.6 Å². The standard InChI is InChI=1S/C24H21N3O3/c1-15-6-7-17-12-13-19(23(28)22(17)26-15)21(27-20-5-3-4-14-25-20)16-8-10-18(11-9-16)24(29)30-2/h3-14,21,28H,1-2H3,(H,25,27)/p+1/t21-/m0/s1. The maximum absolute atomic E-state index is 11.8. The molecule has 2 heterocycles. The van der Waals surface area contributed by atoms with Crippen LogP contribution in [-0.4, -0.2) is 23.2 Å². The molecular formula is C24H22N3O3+. The number of nitrogens with zero attached hydrogens (tertiary/aromatic N) is 1. The fraction of sp³-hybridized carbons (Fsp3) is 0.125. The van der Waals surface area contributed by atoms with Gasteiger partial charge in [-0.15, -0.1) is 0 Å². The van der Waals surface area contributed by atoms with Gasteiger partial charge in [-0.3, -0.25) is 5.32 Å². The number of hydrogen-bond acceptors (Lipinski definition) is 5. The molecule has 0 spiro atoms. The third kappa shape index (κ3) is 3.80. The van der Waals surface area contributed by atoms with Gasteiger partial charge in [0.15, 0.2) is 0 Å². The van der Waals surface area contributed by atoms with Crippen LogP contribution >= 0.6 is 0 Å². The number of phenolic OH excluding ortho intramolecular Hbond substituents is 1. The van der Waals surface area contributed by atoms with E-state index < -0.39 is 5.97 Å². The minimum Gasteiger partial charge on any atom is -0.505 e. The predicted octanol–water partition coefficient (Wildman–Crippen LogP) is 4.05. The first-order valence-electron chi connectivity index (χ1n) is 9.57. The number of pyridine rings is 2. The van der Waals surface area contributed by atoms with Gasteiger partial charge in [0.2, 0.25) is 0 Å². The molecule has 0 fully saturated rings. The Balaban J connectivity index is 1.82. The molecular weight excluding hydrogens is 378 g/mol. The lowest BCUT2D eigenvalue weighted by molar-refractivity contribution is -0.361.